The number of hydrogen-bond acceptors (Lipinski definition) is 8. The maximum Gasteiger partial charge on any atom is 0.249 e. The summed E-state index contributed by atoms with van der Waals surface area (Å²) in [6, 6.07) is -0.676. The Labute approximate surface area is 211 Å². The Morgan fingerprint density at radius 1 is 0.722 bits per heavy atom. The quantitative estimate of drug-likeness (QED) is 0.494. The first-order chi connectivity index (χ1) is 17.3. The highest BCUT2D eigenvalue weighted by Gasteiger charge is 2.37. The summed E-state index contributed by atoms with van der Waals surface area (Å²) in [5.41, 5.74) is 0. The zero-order valence-electron chi connectivity index (χ0n) is 21.7. The maximum atomic E-state index is 13.3. The molecule has 10 heteroatoms. The van der Waals surface area contributed by atoms with Crippen LogP contribution in [-0.4, -0.2) is 32.1 Å². The van der Waals surface area contributed by atoms with Crippen LogP contribution in [0.2, 0.25) is 0 Å². The van der Waals surface area contributed by atoms with Gasteiger partial charge in [0.2, 0.25) is 23.6 Å². The van der Waals surface area contributed by atoms with Crippen molar-refractivity contribution >= 4 is 11.8 Å². The van der Waals surface area contributed by atoms with E-state index in [-0.39, 0.29) is 47.6 Å². The van der Waals surface area contributed by atoms with Crippen LogP contribution in [0.4, 0.5) is 0 Å². The summed E-state index contributed by atoms with van der Waals surface area (Å²) in [5.74, 6) is 2.84. The predicted molar refractivity (Wildman–Crippen MR) is 129 cm³/mol. The molecular formula is C26H38N6O4. The monoisotopic (exact) mass is 498 g/mol. The fourth-order valence-electron chi connectivity index (χ4n) is 5.00. The molecule has 0 bridgehead atoms. The average Bonchev–Trinajstić information content (AvgIpc) is 3.80. The fourth-order valence-corrected chi connectivity index (χ4v) is 5.00. The number of nitrogens with zero attached hydrogens (tertiary/aromatic N) is 4. The lowest BCUT2D eigenvalue weighted by molar-refractivity contribution is -0.131. The van der Waals surface area contributed by atoms with Crippen LogP contribution in [0.25, 0.3) is 0 Å². The van der Waals surface area contributed by atoms with Crippen molar-refractivity contribution < 1.29 is 18.6 Å². The first kappa shape index (κ1) is 24.9. The highest BCUT2D eigenvalue weighted by atomic mass is 16.5. The third-order valence-electron chi connectivity index (χ3n) is 7.68. The van der Waals surface area contributed by atoms with Crippen LogP contribution in [0.5, 0.6) is 0 Å². The van der Waals surface area contributed by atoms with Crippen LogP contribution in [0.3, 0.4) is 0 Å². The second-order valence-corrected chi connectivity index (χ2v) is 11.6. The minimum absolute atomic E-state index is 0.0521. The molecule has 3 saturated carbocycles. The fraction of sp³-hybridized carbons (Fsp3) is 0.769. The van der Waals surface area contributed by atoms with Crippen molar-refractivity contribution in [3.05, 3.63) is 23.4 Å². The van der Waals surface area contributed by atoms with Crippen molar-refractivity contribution in [1.29, 1.82) is 0 Å². The molecule has 4 unspecified atom stereocenters. The van der Waals surface area contributed by atoms with Crippen molar-refractivity contribution in [2.24, 2.45) is 23.7 Å². The van der Waals surface area contributed by atoms with Crippen LogP contribution < -0.4 is 10.6 Å². The van der Waals surface area contributed by atoms with E-state index in [1.807, 2.05) is 27.7 Å². The molecular weight excluding hydrogens is 460 g/mol. The van der Waals surface area contributed by atoms with Gasteiger partial charge in [0.05, 0.1) is 0 Å². The molecule has 2 heterocycles. The van der Waals surface area contributed by atoms with Gasteiger partial charge in [-0.05, 0) is 56.8 Å². The molecule has 0 aromatic carbocycles. The lowest BCUT2D eigenvalue weighted by atomic mass is 9.80. The molecule has 3 aliphatic carbocycles. The minimum atomic E-state index is -0.338. The van der Waals surface area contributed by atoms with Gasteiger partial charge < -0.3 is 19.7 Å². The highest BCUT2D eigenvalue weighted by Crippen LogP contribution is 2.40. The molecule has 36 heavy (non-hydrogen) atoms. The summed E-state index contributed by atoms with van der Waals surface area (Å²) >= 11 is 0. The molecule has 10 nitrogen and oxygen atoms in total. The lowest BCUT2D eigenvalue weighted by Crippen LogP contribution is -2.42. The van der Waals surface area contributed by atoms with Gasteiger partial charge in [0.25, 0.3) is 0 Å². The van der Waals surface area contributed by atoms with E-state index in [1.54, 1.807) is 0 Å². The Balaban J connectivity index is 1.20. The highest BCUT2D eigenvalue weighted by molar-refractivity contribution is 5.82. The molecule has 0 spiro atoms. The zero-order valence-corrected chi connectivity index (χ0v) is 21.7. The van der Waals surface area contributed by atoms with Gasteiger partial charge in [0, 0.05) is 23.7 Å². The molecule has 0 aliphatic heterocycles. The zero-order chi connectivity index (χ0) is 25.4. The van der Waals surface area contributed by atoms with E-state index < -0.39 is 0 Å². The Morgan fingerprint density at radius 3 is 1.50 bits per heavy atom. The minimum Gasteiger partial charge on any atom is -0.344 e. The lowest BCUT2D eigenvalue weighted by Gasteiger charge is -2.30. The number of carbonyl (C=O) groups excluding carboxylic acids is 2. The normalized spacial score (nSPS) is 24.1. The van der Waals surface area contributed by atoms with Crippen LogP contribution in [0, 0.1) is 23.7 Å². The van der Waals surface area contributed by atoms with Gasteiger partial charge in [-0.1, -0.05) is 44.4 Å². The van der Waals surface area contributed by atoms with Crippen molar-refractivity contribution in [2.75, 3.05) is 0 Å². The second-order valence-electron chi connectivity index (χ2n) is 11.6. The summed E-state index contributed by atoms with van der Waals surface area (Å²) in [5, 5.41) is 14.5. The van der Waals surface area contributed by atoms with Gasteiger partial charge in [-0.15, -0.1) is 0 Å². The van der Waals surface area contributed by atoms with E-state index in [0.29, 0.717) is 30.0 Å². The van der Waals surface area contributed by atoms with Crippen molar-refractivity contribution in [2.45, 2.75) is 103 Å². The second kappa shape index (κ2) is 10.3. The number of hydrogen-bond donors (Lipinski definition) is 2. The van der Waals surface area contributed by atoms with Crippen LogP contribution in [0.15, 0.2) is 9.05 Å². The van der Waals surface area contributed by atoms with E-state index in [9.17, 15) is 9.59 Å². The summed E-state index contributed by atoms with van der Waals surface area (Å²) in [6.07, 6.45) is 7.24. The van der Waals surface area contributed by atoms with E-state index in [4.69, 9.17) is 9.05 Å². The first-order valence-corrected chi connectivity index (χ1v) is 13.6. The standard InChI is InChI=1S/C26H38N6O4/c1-13(2)19(25-29-21(31-35-25)15-8-9-15)27-23(33)17-6-5-7-18(12-17)24(34)28-20(14(3)4)26-30-22(32-36-26)16-10-11-16/h13-20H,5-12H2,1-4H3,(H,27,33)(H,28,34). The summed E-state index contributed by atoms with van der Waals surface area (Å²) < 4.78 is 11.0. The molecule has 0 saturated heterocycles. The first-order valence-electron chi connectivity index (χ1n) is 13.6. The maximum absolute atomic E-state index is 13.3. The van der Waals surface area contributed by atoms with Gasteiger partial charge in [0.15, 0.2) is 11.6 Å². The molecule has 2 amide bonds. The number of carbonyl (C=O) groups is 2. The molecule has 3 fully saturated rings. The predicted octanol–water partition coefficient (Wildman–Crippen LogP) is 4.34. The van der Waals surface area contributed by atoms with Crippen LogP contribution >= 0.6 is 0 Å². The third kappa shape index (κ3) is 5.62. The van der Waals surface area contributed by atoms with Gasteiger partial charge in [-0.3, -0.25) is 9.59 Å². The molecule has 4 atom stereocenters. The number of rotatable bonds is 10. The van der Waals surface area contributed by atoms with E-state index in [1.165, 1.54) is 0 Å². The molecule has 196 valence electrons. The van der Waals surface area contributed by atoms with E-state index >= 15 is 0 Å². The topological polar surface area (TPSA) is 136 Å². The number of amides is 2. The molecule has 2 N–H and O–H groups in total. The largest absolute Gasteiger partial charge is 0.344 e. The Kier molecular flexibility index (Phi) is 7.12. The Morgan fingerprint density at radius 2 is 1.14 bits per heavy atom. The molecule has 0 radical (unpaired) electrons. The summed E-state index contributed by atoms with van der Waals surface area (Å²) in [4.78, 5) is 35.6. The molecule has 5 rings (SSSR count). The van der Waals surface area contributed by atoms with Crippen LogP contribution in [-0.2, 0) is 9.59 Å². The summed E-state index contributed by atoms with van der Waals surface area (Å²) in [6.45, 7) is 8.12. The van der Waals surface area contributed by atoms with E-state index in [2.05, 4.69) is 30.9 Å². The van der Waals surface area contributed by atoms with Gasteiger partial charge >= 0.3 is 0 Å². The summed E-state index contributed by atoms with van der Waals surface area (Å²) in [7, 11) is 0. The third-order valence-corrected chi connectivity index (χ3v) is 7.68. The molecule has 2 aromatic heterocycles. The van der Waals surface area contributed by atoms with Gasteiger partial charge in [-0.2, -0.15) is 9.97 Å². The Hall–Kier alpha value is -2.78. The molecule has 3 aliphatic rings. The van der Waals surface area contributed by atoms with Crippen LogP contribution in [0.1, 0.15) is 126 Å². The van der Waals surface area contributed by atoms with Crippen molar-refractivity contribution in [1.82, 2.24) is 30.9 Å². The number of nitrogens with one attached hydrogen (secondary N) is 2. The SMILES string of the molecule is CC(C)C(NC(=O)C1CCCC(C(=O)NC(c2nc(C3CC3)no2)C(C)C)C1)c1nc(C2CC2)no1. The molecule has 2 aromatic rings. The van der Waals surface area contributed by atoms with Gasteiger partial charge in [-0.25, -0.2) is 0 Å². The number of aromatic nitrogens is 4. The average molecular weight is 499 g/mol. The van der Waals surface area contributed by atoms with Crippen molar-refractivity contribution in [3.63, 3.8) is 0 Å². The van der Waals surface area contributed by atoms with Crippen molar-refractivity contribution in [3.8, 4) is 0 Å². The van der Waals surface area contributed by atoms with Gasteiger partial charge in [0.1, 0.15) is 12.1 Å². The Bertz CT molecular complexity index is 988. The smallest absolute Gasteiger partial charge is 0.249 e. The van der Waals surface area contributed by atoms with E-state index in [0.717, 1.165) is 56.6 Å².